The maximum absolute atomic E-state index is 12.8. The number of nitrogens with one attached hydrogen (secondary N) is 1. The molecule has 1 heterocycles. The van der Waals surface area contributed by atoms with Crippen LogP contribution in [0.5, 0.6) is 0 Å². The Balaban J connectivity index is 1.69. The van der Waals surface area contributed by atoms with Gasteiger partial charge in [-0.05, 0) is 37.0 Å². The van der Waals surface area contributed by atoms with E-state index in [1.165, 1.54) is 25.7 Å². The number of nitrogens with zero attached hydrogens (tertiary/aromatic N) is 1. The molecule has 0 radical (unpaired) electrons. The second kappa shape index (κ2) is 5.74. The molecule has 4 heteroatoms. The standard InChI is InChI=1S/C16H26N2O2/c1-11-9-13(11)10-18-8-7-14(19)17-15(16(18)20)12-5-3-2-4-6-12/h11-13,15H,2-10H2,1H3,(H,17,19). The highest BCUT2D eigenvalue weighted by molar-refractivity contribution is 5.90. The van der Waals surface area contributed by atoms with Crippen molar-refractivity contribution in [3.05, 3.63) is 0 Å². The summed E-state index contributed by atoms with van der Waals surface area (Å²) in [4.78, 5) is 26.6. The number of carbonyl (C=O) groups is 2. The Morgan fingerprint density at radius 2 is 1.90 bits per heavy atom. The highest BCUT2D eigenvalue weighted by atomic mass is 16.2. The first-order chi connectivity index (χ1) is 9.65. The summed E-state index contributed by atoms with van der Waals surface area (Å²) in [6.45, 7) is 3.71. The van der Waals surface area contributed by atoms with Crippen LogP contribution in [0.1, 0.15) is 51.9 Å². The molecule has 0 aromatic heterocycles. The van der Waals surface area contributed by atoms with Gasteiger partial charge in [-0.1, -0.05) is 26.2 Å². The molecule has 2 saturated carbocycles. The Bertz CT molecular complexity index is 390. The third kappa shape index (κ3) is 2.99. The normalized spacial score (nSPS) is 35.6. The van der Waals surface area contributed by atoms with Gasteiger partial charge >= 0.3 is 0 Å². The maximum atomic E-state index is 12.8. The van der Waals surface area contributed by atoms with Crippen molar-refractivity contribution >= 4 is 11.8 Å². The van der Waals surface area contributed by atoms with Crippen LogP contribution in [-0.4, -0.2) is 35.8 Å². The van der Waals surface area contributed by atoms with Crippen molar-refractivity contribution in [1.29, 1.82) is 0 Å². The second-order valence-electron chi connectivity index (χ2n) is 6.95. The number of carbonyl (C=O) groups excluding carboxylic acids is 2. The van der Waals surface area contributed by atoms with E-state index in [0.717, 1.165) is 25.3 Å². The lowest BCUT2D eigenvalue weighted by atomic mass is 9.83. The molecule has 4 nitrogen and oxygen atoms in total. The van der Waals surface area contributed by atoms with Crippen LogP contribution in [-0.2, 0) is 9.59 Å². The maximum Gasteiger partial charge on any atom is 0.245 e. The third-order valence-corrected chi connectivity index (χ3v) is 5.36. The summed E-state index contributed by atoms with van der Waals surface area (Å²) < 4.78 is 0. The number of hydrogen-bond donors (Lipinski definition) is 1. The van der Waals surface area contributed by atoms with Crippen molar-refractivity contribution in [3.8, 4) is 0 Å². The van der Waals surface area contributed by atoms with Gasteiger partial charge in [-0.3, -0.25) is 9.59 Å². The van der Waals surface area contributed by atoms with E-state index in [-0.39, 0.29) is 17.9 Å². The van der Waals surface area contributed by atoms with Crippen molar-refractivity contribution in [1.82, 2.24) is 10.2 Å². The quantitative estimate of drug-likeness (QED) is 0.857. The first-order valence-corrected chi connectivity index (χ1v) is 8.23. The van der Waals surface area contributed by atoms with Crippen LogP contribution >= 0.6 is 0 Å². The minimum atomic E-state index is -0.251. The summed E-state index contributed by atoms with van der Waals surface area (Å²) in [7, 11) is 0. The fourth-order valence-electron chi connectivity index (χ4n) is 3.76. The van der Waals surface area contributed by atoms with Gasteiger partial charge in [0.05, 0.1) is 0 Å². The average Bonchev–Trinajstić information content (AvgIpc) is 3.18. The van der Waals surface area contributed by atoms with E-state index in [1.54, 1.807) is 0 Å². The summed E-state index contributed by atoms with van der Waals surface area (Å²) >= 11 is 0. The van der Waals surface area contributed by atoms with Gasteiger partial charge in [-0.15, -0.1) is 0 Å². The minimum Gasteiger partial charge on any atom is -0.344 e. The summed E-state index contributed by atoms with van der Waals surface area (Å²) in [5.41, 5.74) is 0. The van der Waals surface area contributed by atoms with Crippen molar-refractivity contribution in [2.45, 2.75) is 57.9 Å². The lowest BCUT2D eigenvalue weighted by Crippen LogP contribution is -2.50. The van der Waals surface area contributed by atoms with E-state index in [2.05, 4.69) is 12.2 Å². The number of hydrogen-bond acceptors (Lipinski definition) is 2. The molecule has 3 atom stereocenters. The molecule has 0 spiro atoms. The zero-order valence-electron chi connectivity index (χ0n) is 12.4. The minimum absolute atomic E-state index is 0.0558. The molecule has 1 aliphatic heterocycles. The van der Waals surface area contributed by atoms with Gasteiger partial charge in [-0.2, -0.15) is 0 Å². The summed E-state index contributed by atoms with van der Waals surface area (Å²) in [6.07, 6.45) is 7.55. The van der Waals surface area contributed by atoms with Gasteiger partial charge in [0.2, 0.25) is 11.8 Å². The fourth-order valence-corrected chi connectivity index (χ4v) is 3.76. The van der Waals surface area contributed by atoms with Crippen molar-refractivity contribution < 1.29 is 9.59 Å². The highest BCUT2D eigenvalue weighted by Gasteiger charge is 2.40. The topological polar surface area (TPSA) is 49.4 Å². The zero-order valence-corrected chi connectivity index (χ0v) is 12.4. The largest absolute Gasteiger partial charge is 0.344 e. The average molecular weight is 278 g/mol. The van der Waals surface area contributed by atoms with Crippen LogP contribution in [0.15, 0.2) is 0 Å². The molecule has 0 bridgehead atoms. The Kier molecular flexibility index (Phi) is 3.99. The van der Waals surface area contributed by atoms with Crippen LogP contribution in [0.25, 0.3) is 0 Å². The monoisotopic (exact) mass is 278 g/mol. The van der Waals surface area contributed by atoms with Crippen LogP contribution < -0.4 is 5.32 Å². The van der Waals surface area contributed by atoms with E-state index in [0.29, 0.717) is 24.8 Å². The van der Waals surface area contributed by atoms with Crippen molar-refractivity contribution in [3.63, 3.8) is 0 Å². The van der Waals surface area contributed by atoms with E-state index in [1.807, 2.05) is 4.90 Å². The molecule has 3 aliphatic rings. The molecule has 2 aliphatic carbocycles. The molecule has 0 aromatic carbocycles. The molecular weight excluding hydrogens is 252 g/mol. The van der Waals surface area contributed by atoms with Crippen LogP contribution in [0.2, 0.25) is 0 Å². The zero-order chi connectivity index (χ0) is 14.1. The van der Waals surface area contributed by atoms with Gasteiger partial charge in [0.1, 0.15) is 6.04 Å². The van der Waals surface area contributed by atoms with Gasteiger partial charge < -0.3 is 10.2 Å². The van der Waals surface area contributed by atoms with E-state index < -0.39 is 0 Å². The Morgan fingerprint density at radius 1 is 1.20 bits per heavy atom. The number of amides is 2. The molecule has 3 rings (SSSR count). The Hall–Kier alpha value is -1.06. The SMILES string of the molecule is CC1CC1CN1CCC(=O)NC(C2CCCCC2)C1=O. The molecular formula is C16H26N2O2. The van der Waals surface area contributed by atoms with Crippen LogP contribution in [0, 0.1) is 17.8 Å². The van der Waals surface area contributed by atoms with Crippen LogP contribution in [0.4, 0.5) is 0 Å². The molecule has 112 valence electrons. The summed E-state index contributed by atoms with van der Waals surface area (Å²) in [5, 5.41) is 3.00. The molecule has 0 aromatic rings. The van der Waals surface area contributed by atoms with Crippen LogP contribution in [0.3, 0.4) is 0 Å². The first-order valence-electron chi connectivity index (χ1n) is 8.23. The first kappa shape index (κ1) is 13.9. The van der Waals surface area contributed by atoms with Gasteiger partial charge in [-0.25, -0.2) is 0 Å². The molecule has 2 amide bonds. The summed E-state index contributed by atoms with van der Waals surface area (Å²) in [5.74, 6) is 2.02. The highest BCUT2D eigenvalue weighted by Crippen LogP contribution is 2.38. The fraction of sp³-hybridized carbons (Fsp3) is 0.875. The van der Waals surface area contributed by atoms with Gasteiger partial charge in [0, 0.05) is 19.5 Å². The van der Waals surface area contributed by atoms with Crippen molar-refractivity contribution in [2.75, 3.05) is 13.1 Å². The number of rotatable bonds is 3. The summed E-state index contributed by atoms with van der Waals surface area (Å²) in [6, 6.07) is -0.251. The van der Waals surface area contributed by atoms with Gasteiger partial charge in [0.15, 0.2) is 0 Å². The Morgan fingerprint density at radius 3 is 2.55 bits per heavy atom. The predicted octanol–water partition coefficient (Wildman–Crippen LogP) is 1.94. The van der Waals surface area contributed by atoms with Gasteiger partial charge in [0.25, 0.3) is 0 Å². The third-order valence-electron chi connectivity index (χ3n) is 5.36. The lowest BCUT2D eigenvalue weighted by molar-refractivity contribution is -0.135. The van der Waals surface area contributed by atoms with Crippen molar-refractivity contribution in [2.24, 2.45) is 17.8 Å². The molecule has 1 saturated heterocycles. The predicted molar refractivity (Wildman–Crippen MR) is 77.0 cm³/mol. The molecule has 20 heavy (non-hydrogen) atoms. The smallest absolute Gasteiger partial charge is 0.245 e. The van der Waals surface area contributed by atoms with E-state index >= 15 is 0 Å². The molecule has 1 N–H and O–H groups in total. The van der Waals surface area contributed by atoms with E-state index in [4.69, 9.17) is 0 Å². The molecule has 3 fully saturated rings. The second-order valence-corrected chi connectivity index (χ2v) is 6.95. The lowest BCUT2D eigenvalue weighted by Gasteiger charge is -2.31. The van der Waals surface area contributed by atoms with E-state index in [9.17, 15) is 9.59 Å². The Labute approximate surface area is 121 Å². The molecule has 3 unspecified atom stereocenters.